The van der Waals surface area contributed by atoms with Gasteiger partial charge in [0.2, 0.25) is 17.7 Å². The molecule has 1 saturated heterocycles. The van der Waals surface area contributed by atoms with E-state index in [9.17, 15) is 19.2 Å². The van der Waals surface area contributed by atoms with Gasteiger partial charge in [-0.2, -0.15) is 0 Å². The topological polar surface area (TPSA) is 165 Å². The number of nitrogens with two attached hydrogens (primary N) is 1. The van der Waals surface area contributed by atoms with E-state index in [4.69, 9.17) is 5.73 Å². The number of rotatable bonds is 5. The van der Waals surface area contributed by atoms with E-state index in [0.29, 0.717) is 33.9 Å². The number of hydrogen-bond acceptors (Lipinski definition) is 8. The lowest BCUT2D eigenvalue weighted by Crippen LogP contribution is -2.52. The molecule has 2 aliphatic heterocycles. The highest BCUT2D eigenvalue weighted by atomic mass is 16.2. The van der Waals surface area contributed by atoms with Gasteiger partial charge in [-0.15, -0.1) is 5.10 Å². The first-order chi connectivity index (χ1) is 16.4. The fourth-order valence-electron chi connectivity index (χ4n) is 4.09. The number of nitrogens with one attached hydrogen (secondary N) is 2. The largest absolute Gasteiger partial charge is 0.397 e. The summed E-state index contributed by atoms with van der Waals surface area (Å²) in [5.41, 5.74) is 8.77. The Morgan fingerprint density at radius 3 is 2.79 bits per heavy atom. The Morgan fingerprint density at radius 2 is 2.03 bits per heavy atom. The molecule has 0 aliphatic carbocycles. The smallest absolute Gasteiger partial charge is 0.255 e. The predicted octanol–water partition coefficient (Wildman–Crippen LogP) is 0.322. The maximum atomic E-state index is 12.9. The minimum atomic E-state index is -0.725. The Bertz CT molecular complexity index is 1320. The predicted molar refractivity (Wildman–Crippen MR) is 119 cm³/mol. The molecule has 12 heteroatoms. The second kappa shape index (κ2) is 8.39. The number of aromatic nitrogens is 4. The number of benzene rings is 1. The normalized spacial score (nSPS) is 17.5. The highest BCUT2D eigenvalue weighted by Gasteiger charge is 2.39. The van der Waals surface area contributed by atoms with Crippen molar-refractivity contribution in [2.45, 2.75) is 32.0 Å². The van der Waals surface area contributed by atoms with Crippen LogP contribution in [0.3, 0.4) is 0 Å². The van der Waals surface area contributed by atoms with Crippen LogP contribution in [0.2, 0.25) is 0 Å². The molecule has 3 aromatic rings. The van der Waals surface area contributed by atoms with Gasteiger partial charge in [-0.05, 0) is 30.7 Å². The van der Waals surface area contributed by atoms with Gasteiger partial charge < -0.3 is 16.0 Å². The zero-order valence-electron chi connectivity index (χ0n) is 17.9. The van der Waals surface area contributed by atoms with Gasteiger partial charge in [0.05, 0.1) is 23.8 Å². The van der Waals surface area contributed by atoms with Gasteiger partial charge in [-0.1, -0.05) is 11.3 Å². The quantitative estimate of drug-likeness (QED) is 0.458. The van der Waals surface area contributed by atoms with Gasteiger partial charge in [-0.3, -0.25) is 29.5 Å². The lowest BCUT2D eigenvalue weighted by Gasteiger charge is -2.29. The van der Waals surface area contributed by atoms with Crippen LogP contribution >= 0.6 is 0 Å². The van der Waals surface area contributed by atoms with Crippen LogP contribution in [-0.4, -0.2) is 54.5 Å². The molecule has 1 unspecified atom stereocenters. The maximum Gasteiger partial charge on any atom is 0.255 e. The molecular weight excluding hydrogens is 440 g/mol. The van der Waals surface area contributed by atoms with Crippen molar-refractivity contribution in [3.05, 3.63) is 53.9 Å². The molecule has 0 saturated carbocycles. The van der Waals surface area contributed by atoms with Crippen LogP contribution in [0.1, 0.15) is 28.8 Å². The first-order valence-corrected chi connectivity index (χ1v) is 10.6. The van der Waals surface area contributed by atoms with E-state index in [1.165, 1.54) is 15.8 Å². The highest BCUT2D eigenvalue weighted by Crippen LogP contribution is 2.32. The van der Waals surface area contributed by atoms with Crippen LogP contribution in [0.25, 0.3) is 11.4 Å². The van der Waals surface area contributed by atoms with Gasteiger partial charge in [0.15, 0.2) is 0 Å². The third kappa shape index (κ3) is 3.96. The minimum absolute atomic E-state index is 0.101. The minimum Gasteiger partial charge on any atom is -0.397 e. The number of pyridine rings is 1. The van der Waals surface area contributed by atoms with Crippen molar-refractivity contribution < 1.29 is 19.2 Å². The standard InChI is InChI=1S/C22H20N8O4/c23-12-4-5-16(24-8-12)17-10-29(28-27-17)11-20(32)25-15-3-1-2-13-14(15)9-30(22(13)34)18-6-7-19(31)26-21(18)33/h1-5,8,10,18H,6-7,9,11,23H2,(H,25,32)(H,26,31,33). The third-order valence-corrected chi connectivity index (χ3v) is 5.75. The summed E-state index contributed by atoms with van der Waals surface area (Å²) in [4.78, 5) is 54.9. The molecule has 1 aromatic carbocycles. The van der Waals surface area contributed by atoms with Gasteiger partial charge in [0, 0.05) is 29.8 Å². The molecule has 4 N–H and O–H groups in total. The average molecular weight is 460 g/mol. The molecule has 1 atom stereocenters. The molecule has 2 aliphatic rings. The van der Waals surface area contributed by atoms with Gasteiger partial charge in [0.25, 0.3) is 5.91 Å². The van der Waals surface area contributed by atoms with E-state index < -0.39 is 11.9 Å². The second-order valence-electron chi connectivity index (χ2n) is 8.06. The van der Waals surface area contributed by atoms with Crippen LogP contribution in [0, 0.1) is 0 Å². The number of carbonyl (C=O) groups excluding carboxylic acids is 4. The van der Waals surface area contributed by atoms with Gasteiger partial charge >= 0.3 is 0 Å². The van der Waals surface area contributed by atoms with Gasteiger partial charge in [-0.25, -0.2) is 4.68 Å². The molecule has 4 amide bonds. The van der Waals surface area contributed by atoms with E-state index in [1.54, 1.807) is 36.5 Å². The molecule has 34 heavy (non-hydrogen) atoms. The lowest BCUT2D eigenvalue weighted by atomic mass is 10.0. The molecule has 0 radical (unpaired) electrons. The number of anilines is 2. The van der Waals surface area contributed by atoms with Gasteiger partial charge in [0.1, 0.15) is 18.3 Å². The van der Waals surface area contributed by atoms with Crippen LogP contribution < -0.4 is 16.4 Å². The molecule has 5 rings (SSSR count). The summed E-state index contributed by atoms with van der Waals surface area (Å²) in [5, 5.41) is 13.1. The van der Waals surface area contributed by atoms with E-state index in [2.05, 4.69) is 25.9 Å². The summed E-state index contributed by atoms with van der Waals surface area (Å²) < 4.78 is 1.38. The number of amides is 4. The summed E-state index contributed by atoms with van der Waals surface area (Å²) in [5.74, 6) is -1.50. The zero-order chi connectivity index (χ0) is 23.8. The molecule has 0 spiro atoms. The number of carbonyl (C=O) groups is 4. The summed E-state index contributed by atoms with van der Waals surface area (Å²) >= 11 is 0. The summed E-state index contributed by atoms with van der Waals surface area (Å²) in [6, 6.07) is 7.70. The highest BCUT2D eigenvalue weighted by molar-refractivity contribution is 6.06. The first kappa shape index (κ1) is 21.2. The average Bonchev–Trinajstić information content (AvgIpc) is 3.40. The number of nitrogens with zero attached hydrogens (tertiary/aromatic N) is 5. The van der Waals surface area contributed by atoms with E-state index in [0.717, 1.165) is 0 Å². The Balaban J connectivity index is 1.28. The Hall–Kier alpha value is -4.61. The fraction of sp³-hybridized carbons (Fsp3) is 0.227. The van der Waals surface area contributed by atoms with E-state index in [-0.39, 0.29) is 43.7 Å². The van der Waals surface area contributed by atoms with Crippen molar-refractivity contribution in [2.24, 2.45) is 0 Å². The third-order valence-electron chi connectivity index (χ3n) is 5.75. The van der Waals surface area contributed by atoms with Crippen molar-refractivity contribution in [2.75, 3.05) is 11.1 Å². The monoisotopic (exact) mass is 460 g/mol. The molecule has 172 valence electrons. The van der Waals surface area contributed by atoms with Crippen molar-refractivity contribution in [1.29, 1.82) is 0 Å². The number of nitrogen functional groups attached to an aromatic ring is 1. The molecular formula is C22H20N8O4. The molecule has 0 bridgehead atoms. The van der Waals surface area contributed by atoms with Crippen molar-refractivity contribution in [3.8, 4) is 11.4 Å². The molecule has 12 nitrogen and oxygen atoms in total. The number of hydrogen-bond donors (Lipinski definition) is 3. The summed E-state index contributed by atoms with van der Waals surface area (Å²) in [6.45, 7) is 0.0591. The molecule has 4 heterocycles. The van der Waals surface area contributed by atoms with Crippen molar-refractivity contribution in [3.63, 3.8) is 0 Å². The number of piperidine rings is 1. The second-order valence-corrected chi connectivity index (χ2v) is 8.06. The number of fused-ring (bicyclic) bond motifs is 1. The van der Waals surface area contributed by atoms with E-state index >= 15 is 0 Å². The van der Waals surface area contributed by atoms with E-state index in [1.807, 2.05) is 0 Å². The summed E-state index contributed by atoms with van der Waals surface area (Å²) in [6.07, 6.45) is 3.55. The van der Waals surface area contributed by atoms with Crippen LogP contribution in [0.15, 0.2) is 42.7 Å². The molecule has 2 aromatic heterocycles. The maximum absolute atomic E-state index is 12.9. The van der Waals surface area contributed by atoms with Crippen LogP contribution in [0.5, 0.6) is 0 Å². The SMILES string of the molecule is Nc1ccc(-c2cn(CC(=O)Nc3cccc4c3CN(C3CCC(=O)NC3=O)C4=O)nn2)nc1. The molecule has 1 fully saturated rings. The Morgan fingerprint density at radius 1 is 1.18 bits per heavy atom. The van der Waals surface area contributed by atoms with Crippen molar-refractivity contribution in [1.82, 2.24) is 30.2 Å². The Labute approximate surface area is 193 Å². The summed E-state index contributed by atoms with van der Waals surface area (Å²) in [7, 11) is 0. The van der Waals surface area contributed by atoms with Crippen LogP contribution in [-0.2, 0) is 27.5 Å². The van der Waals surface area contributed by atoms with Crippen molar-refractivity contribution >= 4 is 35.0 Å². The van der Waals surface area contributed by atoms with Crippen LogP contribution in [0.4, 0.5) is 11.4 Å². The lowest BCUT2D eigenvalue weighted by molar-refractivity contribution is -0.137. The first-order valence-electron chi connectivity index (χ1n) is 10.6. The number of imide groups is 1. The Kier molecular flexibility index (Phi) is 5.24. The zero-order valence-corrected chi connectivity index (χ0v) is 17.9. The fourth-order valence-corrected chi connectivity index (χ4v) is 4.09.